The first-order valence-corrected chi connectivity index (χ1v) is 4.52. The number of carboxylic acid groups (broad SMARTS) is 1. The van der Waals surface area contributed by atoms with Crippen molar-refractivity contribution in [3.05, 3.63) is 22.4 Å². The van der Waals surface area contributed by atoms with E-state index in [4.69, 9.17) is 14.6 Å². The van der Waals surface area contributed by atoms with Crippen LogP contribution in [0.25, 0.3) is 0 Å². The highest BCUT2D eigenvalue weighted by molar-refractivity contribution is 5.92. The highest BCUT2D eigenvalue weighted by Crippen LogP contribution is 2.30. The van der Waals surface area contributed by atoms with Crippen molar-refractivity contribution in [2.24, 2.45) is 0 Å². The summed E-state index contributed by atoms with van der Waals surface area (Å²) in [5, 5.41) is 9.08. The first-order chi connectivity index (χ1) is 7.15. The average Bonchev–Trinajstić information content (AvgIpc) is 2.65. The zero-order chi connectivity index (χ0) is 11.0. The van der Waals surface area contributed by atoms with Gasteiger partial charge in [-0.1, -0.05) is 0 Å². The molecule has 0 atom stereocenters. The van der Waals surface area contributed by atoms with E-state index in [0.29, 0.717) is 18.8 Å². The summed E-state index contributed by atoms with van der Waals surface area (Å²) in [5.74, 6) is -0.870. The molecular formula is C10H11NO4. The molecule has 1 aromatic heterocycles. The summed E-state index contributed by atoms with van der Waals surface area (Å²) in [6, 6.07) is 0. The smallest absolute Gasteiger partial charge is 0.341 e. The van der Waals surface area contributed by atoms with Gasteiger partial charge in [0.25, 0.3) is 0 Å². The number of rotatable bonds is 2. The van der Waals surface area contributed by atoms with Crippen molar-refractivity contribution >= 4 is 5.97 Å². The first-order valence-electron chi connectivity index (χ1n) is 4.52. The van der Waals surface area contributed by atoms with Crippen molar-refractivity contribution in [3.63, 3.8) is 0 Å². The maximum atomic E-state index is 11.1. The summed E-state index contributed by atoms with van der Waals surface area (Å²) < 4.78 is 10.2. The van der Waals surface area contributed by atoms with E-state index in [1.165, 1.54) is 7.11 Å². The lowest BCUT2D eigenvalue weighted by Gasteiger charge is -2.09. The molecule has 0 fully saturated rings. The van der Waals surface area contributed by atoms with E-state index in [9.17, 15) is 4.79 Å². The van der Waals surface area contributed by atoms with Gasteiger partial charge < -0.3 is 14.6 Å². The molecule has 1 N–H and O–H groups in total. The van der Waals surface area contributed by atoms with Gasteiger partial charge in [-0.25, -0.2) is 9.78 Å². The maximum absolute atomic E-state index is 11.1. The van der Waals surface area contributed by atoms with Gasteiger partial charge in [0.2, 0.25) is 5.88 Å². The molecule has 0 unspecified atom stereocenters. The number of aromatic carboxylic acids is 1. The predicted molar refractivity (Wildman–Crippen MR) is 51.0 cm³/mol. The van der Waals surface area contributed by atoms with Crippen LogP contribution in [0.3, 0.4) is 0 Å². The first kappa shape index (κ1) is 9.92. The SMILES string of the molecule is COc1nc(C)c2c(c1C(=O)O)COC2. The molecule has 0 saturated heterocycles. The Hall–Kier alpha value is -1.62. The third kappa shape index (κ3) is 1.45. The number of methoxy groups -OCH3 is 1. The van der Waals surface area contributed by atoms with Crippen LogP contribution in [0.4, 0.5) is 0 Å². The number of aromatic nitrogens is 1. The minimum absolute atomic E-state index is 0.121. The molecule has 1 aliphatic rings. The second-order valence-corrected chi connectivity index (χ2v) is 3.34. The van der Waals surface area contributed by atoms with E-state index in [-0.39, 0.29) is 11.4 Å². The second kappa shape index (κ2) is 3.51. The van der Waals surface area contributed by atoms with E-state index < -0.39 is 5.97 Å². The Bertz CT molecular complexity index is 428. The summed E-state index contributed by atoms with van der Waals surface area (Å²) in [4.78, 5) is 15.2. The number of carboxylic acids is 1. The van der Waals surface area contributed by atoms with Crippen molar-refractivity contribution in [2.75, 3.05) is 7.11 Å². The molecule has 0 radical (unpaired) electrons. The highest BCUT2D eigenvalue weighted by Gasteiger charge is 2.26. The molecule has 1 aliphatic heterocycles. The van der Waals surface area contributed by atoms with Crippen LogP contribution in [0.5, 0.6) is 5.88 Å². The number of aryl methyl sites for hydroxylation is 1. The van der Waals surface area contributed by atoms with Crippen LogP contribution in [-0.2, 0) is 18.0 Å². The Morgan fingerprint density at radius 3 is 2.73 bits per heavy atom. The summed E-state index contributed by atoms with van der Waals surface area (Å²) in [5.41, 5.74) is 2.44. The molecule has 15 heavy (non-hydrogen) atoms. The fourth-order valence-corrected chi connectivity index (χ4v) is 1.75. The lowest BCUT2D eigenvalue weighted by Crippen LogP contribution is -2.09. The number of nitrogens with zero attached hydrogens (tertiary/aromatic N) is 1. The van der Waals surface area contributed by atoms with Crippen LogP contribution in [-0.4, -0.2) is 23.2 Å². The number of hydrogen-bond donors (Lipinski definition) is 1. The molecule has 80 valence electrons. The number of ether oxygens (including phenoxy) is 2. The number of carbonyl (C=O) groups is 1. The molecule has 0 bridgehead atoms. The normalized spacial score (nSPS) is 13.7. The Labute approximate surface area is 86.7 Å². The minimum atomic E-state index is -1.03. The summed E-state index contributed by atoms with van der Waals surface area (Å²) >= 11 is 0. The molecule has 1 aromatic rings. The molecule has 0 aliphatic carbocycles. The summed E-state index contributed by atoms with van der Waals surface area (Å²) in [7, 11) is 1.41. The third-order valence-corrected chi connectivity index (χ3v) is 2.49. The molecule has 0 spiro atoms. The van der Waals surface area contributed by atoms with Crippen LogP contribution in [0.2, 0.25) is 0 Å². The zero-order valence-corrected chi connectivity index (χ0v) is 8.53. The number of fused-ring (bicyclic) bond motifs is 1. The van der Waals surface area contributed by atoms with Gasteiger partial charge in [-0.3, -0.25) is 0 Å². The largest absolute Gasteiger partial charge is 0.480 e. The van der Waals surface area contributed by atoms with Crippen LogP contribution >= 0.6 is 0 Å². The average molecular weight is 209 g/mol. The molecule has 0 saturated carbocycles. The minimum Gasteiger partial charge on any atom is -0.480 e. The van der Waals surface area contributed by atoms with Gasteiger partial charge in [-0.15, -0.1) is 0 Å². The Morgan fingerprint density at radius 1 is 1.47 bits per heavy atom. The van der Waals surface area contributed by atoms with E-state index in [0.717, 1.165) is 11.3 Å². The van der Waals surface area contributed by atoms with E-state index in [1.807, 2.05) is 6.92 Å². The predicted octanol–water partition coefficient (Wildman–Crippen LogP) is 1.13. The van der Waals surface area contributed by atoms with Gasteiger partial charge in [0.15, 0.2) is 0 Å². The lowest BCUT2D eigenvalue weighted by molar-refractivity contribution is 0.0687. The van der Waals surface area contributed by atoms with Crippen LogP contribution in [0, 0.1) is 6.92 Å². The maximum Gasteiger partial charge on any atom is 0.341 e. The molecular weight excluding hydrogens is 198 g/mol. The number of pyridine rings is 1. The summed E-state index contributed by atoms with van der Waals surface area (Å²) in [6.45, 7) is 2.57. The van der Waals surface area contributed by atoms with Crippen molar-refractivity contribution in [1.82, 2.24) is 4.98 Å². The van der Waals surface area contributed by atoms with E-state index >= 15 is 0 Å². The zero-order valence-electron chi connectivity index (χ0n) is 8.53. The van der Waals surface area contributed by atoms with Gasteiger partial charge in [0, 0.05) is 16.8 Å². The molecule has 2 heterocycles. The fourth-order valence-electron chi connectivity index (χ4n) is 1.75. The van der Waals surface area contributed by atoms with Gasteiger partial charge in [-0.2, -0.15) is 0 Å². The van der Waals surface area contributed by atoms with E-state index in [1.54, 1.807) is 0 Å². The van der Waals surface area contributed by atoms with Crippen LogP contribution in [0.15, 0.2) is 0 Å². The van der Waals surface area contributed by atoms with Crippen molar-refractivity contribution in [1.29, 1.82) is 0 Å². The van der Waals surface area contributed by atoms with Gasteiger partial charge >= 0.3 is 5.97 Å². The molecule has 5 heteroatoms. The van der Waals surface area contributed by atoms with Crippen molar-refractivity contribution < 1.29 is 19.4 Å². The summed E-state index contributed by atoms with van der Waals surface area (Å²) in [6.07, 6.45) is 0. The number of hydrogen-bond acceptors (Lipinski definition) is 4. The third-order valence-electron chi connectivity index (χ3n) is 2.49. The Morgan fingerprint density at radius 2 is 2.13 bits per heavy atom. The monoisotopic (exact) mass is 209 g/mol. The Kier molecular flexibility index (Phi) is 2.32. The molecule has 0 amide bonds. The molecule has 5 nitrogen and oxygen atoms in total. The lowest BCUT2D eigenvalue weighted by atomic mass is 10.0. The fraction of sp³-hybridized carbons (Fsp3) is 0.400. The van der Waals surface area contributed by atoms with Crippen molar-refractivity contribution in [3.8, 4) is 5.88 Å². The Balaban J connectivity index is 2.70. The highest BCUT2D eigenvalue weighted by atomic mass is 16.5. The van der Waals surface area contributed by atoms with Crippen LogP contribution in [0.1, 0.15) is 27.2 Å². The van der Waals surface area contributed by atoms with E-state index in [2.05, 4.69) is 4.98 Å². The molecule has 2 rings (SSSR count). The quantitative estimate of drug-likeness (QED) is 0.790. The van der Waals surface area contributed by atoms with Crippen LogP contribution < -0.4 is 4.74 Å². The molecule has 0 aromatic carbocycles. The van der Waals surface area contributed by atoms with Gasteiger partial charge in [0.05, 0.1) is 20.3 Å². The van der Waals surface area contributed by atoms with Crippen molar-refractivity contribution in [2.45, 2.75) is 20.1 Å². The topological polar surface area (TPSA) is 68.7 Å². The van der Waals surface area contributed by atoms with Gasteiger partial charge in [-0.05, 0) is 6.92 Å². The second-order valence-electron chi connectivity index (χ2n) is 3.34. The standard InChI is InChI=1S/C10H11NO4/c1-5-6-3-15-4-7(6)8(10(12)13)9(11-5)14-2/h3-4H2,1-2H3,(H,12,13). The van der Waals surface area contributed by atoms with Gasteiger partial charge in [0.1, 0.15) is 5.56 Å².